The Labute approximate surface area is 173 Å². The van der Waals surface area contributed by atoms with E-state index in [1.54, 1.807) is 37.3 Å². The zero-order chi connectivity index (χ0) is 21.3. The summed E-state index contributed by atoms with van der Waals surface area (Å²) in [5.41, 5.74) is 2.18. The van der Waals surface area contributed by atoms with Crippen molar-refractivity contribution in [2.24, 2.45) is 0 Å². The summed E-state index contributed by atoms with van der Waals surface area (Å²) < 4.78 is 23.8. The number of carbonyl (C=O) groups is 2. The zero-order valence-electron chi connectivity index (χ0n) is 16.7. The molecule has 0 unspecified atom stereocenters. The monoisotopic (exact) mass is 413 g/mol. The van der Waals surface area contributed by atoms with Gasteiger partial charge in [0.25, 0.3) is 0 Å². The third kappa shape index (κ3) is 6.04. The normalized spacial score (nSPS) is 10.7. The molecule has 8 heteroatoms. The van der Waals surface area contributed by atoms with Crippen LogP contribution in [0.4, 0.5) is 14.9 Å². The molecular weight excluding hydrogens is 389 g/mol. The second-order valence-electron chi connectivity index (χ2n) is 6.71. The van der Waals surface area contributed by atoms with Gasteiger partial charge in [0.15, 0.2) is 5.58 Å². The maximum Gasteiger partial charge on any atom is 0.319 e. The highest BCUT2D eigenvalue weighted by atomic mass is 19.1. The highest BCUT2D eigenvalue weighted by Gasteiger charge is 2.10. The predicted octanol–water partition coefficient (Wildman–Crippen LogP) is 4.88. The molecule has 0 radical (unpaired) electrons. The molecular formula is C22H24FN3O4. The number of amides is 2. The summed E-state index contributed by atoms with van der Waals surface area (Å²) >= 11 is 0. The number of oxazole rings is 1. The number of anilines is 1. The number of hydrogen-bond donors (Lipinski definition) is 2. The molecule has 0 spiro atoms. The molecule has 0 aliphatic heterocycles. The summed E-state index contributed by atoms with van der Waals surface area (Å²) in [5.74, 6) is -0.230. The Hall–Kier alpha value is -3.42. The lowest BCUT2D eigenvalue weighted by Gasteiger charge is -2.08. The number of rotatable bonds is 9. The van der Waals surface area contributed by atoms with Crippen LogP contribution >= 0.6 is 0 Å². The Balaban J connectivity index is 1.47. The quantitative estimate of drug-likeness (QED) is 0.385. The third-order valence-corrected chi connectivity index (χ3v) is 4.37. The van der Waals surface area contributed by atoms with Crippen LogP contribution in [0.1, 0.15) is 32.6 Å². The van der Waals surface area contributed by atoms with E-state index in [9.17, 15) is 14.0 Å². The Kier molecular flexibility index (Phi) is 7.37. The number of nitrogens with one attached hydrogen (secondary N) is 2. The van der Waals surface area contributed by atoms with Crippen LogP contribution in [0.2, 0.25) is 0 Å². The Morgan fingerprint density at radius 1 is 1.13 bits per heavy atom. The van der Waals surface area contributed by atoms with Gasteiger partial charge in [0, 0.05) is 30.3 Å². The molecule has 0 bridgehead atoms. The number of fused-ring (bicyclic) bond motifs is 1. The lowest BCUT2D eigenvalue weighted by atomic mass is 10.2. The Morgan fingerprint density at radius 2 is 2.00 bits per heavy atom. The summed E-state index contributed by atoms with van der Waals surface area (Å²) in [6, 6.07) is 10.9. The van der Waals surface area contributed by atoms with Crippen molar-refractivity contribution in [3.8, 4) is 11.5 Å². The lowest BCUT2D eigenvalue weighted by Crippen LogP contribution is -2.29. The molecule has 1 heterocycles. The summed E-state index contributed by atoms with van der Waals surface area (Å²) in [6.07, 6.45) is 2.73. The van der Waals surface area contributed by atoms with Gasteiger partial charge in [-0.1, -0.05) is 12.5 Å². The second kappa shape index (κ2) is 10.4. The fourth-order valence-corrected chi connectivity index (χ4v) is 2.93. The number of esters is 1. The molecule has 1 aromatic heterocycles. The first-order valence-electron chi connectivity index (χ1n) is 9.92. The number of hydrogen-bond acceptors (Lipinski definition) is 5. The maximum atomic E-state index is 13.3. The maximum absolute atomic E-state index is 13.3. The van der Waals surface area contributed by atoms with E-state index in [0.717, 1.165) is 19.3 Å². The summed E-state index contributed by atoms with van der Waals surface area (Å²) in [7, 11) is 0. The van der Waals surface area contributed by atoms with E-state index in [1.165, 1.54) is 12.1 Å². The van der Waals surface area contributed by atoms with Gasteiger partial charge < -0.3 is 19.8 Å². The van der Waals surface area contributed by atoms with Crippen LogP contribution in [0.3, 0.4) is 0 Å². The van der Waals surface area contributed by atoms with Gasteiger partial charge >= 0.3 is 12.0 Å². The third-order valence-electron chi connectivity index (χ3n) is 4.37. The number of nitrogens with zero attached hydrogens (tertiary/aromatic N) is 1. The van der Waals surface area contributed by atoms with Gasteiger partial charge in [-0.2, -0.15) is 0 Å². The standard InChI is InChI=1S/C22H24FN3O4/c1-2-29-20(27)9-4-3-5-12-24-22(28)25-17-8-6-7-15(13-17)21-26-18-11-10-16(23)14-19(18)30-21/h6-8,10-11,13-14H,2-5,9,12H2,1H3,(H2,24,25,28). The number of carbonyl (C=O) groups excluding carboxylic acids is 2. The highest BCUT2D eigenvalue weighted by molar-refractivity contribution is 5.90. The van der Waals surface area contributed by atoms with Crippen molar-refractivity contribution < 1.29 is 23.1 Å². The molecule has 30 heavy (non-hydrogen) atoms. The summed E-state index contributed by atoms with van der Waals surface area (Å²) in [5, 5.41) is 5.55. The largest absolute Gasteiger partial charge is 0.466 e. The molecule has 0 aliphatic rings. The molecule has 0 atom stereocenters. The van der Waals surface area contributed by atoms with Crippen molar-refractivity contribution in [1.29, 1.82) is 0 Å². The van der Waals surface area contributed by atoms with Gasteiger partial charge in [-0.15, -0.1) is 0 Å². The average molecular weight is 413 g/mol. The molecule has 2 amide bonds. The number of aromatic nitrogens is 1. The van der Waals surface area contributed by atoms with Gasteiger partial charge in [-0.25, -0.2) is 14.2 Å². The molecule has 0 aliphatic carbocycles. The highest BCUT2D eigenvalue weighted by Crippen LogP contribution is 2.26. The van der Waals surface area contributed by atoms with Crippen molar-refractivity contribution in [2.75, 3.05) is 18.5 Å². The van der Waals surface area contributed by atoms with Crippen molar-refractivity contribution in [1.82, 2.24) is 10.3 Å². The minimum atomic E-state index is -0.391. The first-order valence-corrected chi connectivity index (χ1v) is 9.92. The molecule has 3 aromatic rings. The summed E-state index contributed by atoms with van der Waals surface area (Å²) in [4.78, 5) is 27.7. The molecule has 7 nitrogen and oxygen atoms in total. The minimum Gasteiger partial charge on any atom is -0.466 e. The lowest BCUT2D eigenvalue weighted by molar-refractivity contribution is -0.143. The van der Waals surface area contributed by atoms with Crippen molar-refractivity contribution in [3.05, 3.63) is 48.3 Å². The van der Waals surface area contributed by atoms with Crippen LogP contribution in [0, 0.1) is 5.82 Å². The molecule has 2 aromatic carbocycles. The van der Waals surface area contributed by atoms with E-state index in [0.29, 0.717) is 47.8 Å². The Morgan fingerprint density at radius 3 is 2.83 bits per heavy atom. The fourth-order valence-electron chi connectivity index (χ4n) is 2.93. The van der Waals surface area contributed by atoms with E-state index in [1.807, 2.05) is 0 Å². The van der Waals surface area contributed by atoms with Crippen LogP contribution in [0.5, 0.6) is 0 Å². The zero-order valence-corrected chi connectivity index (χ0v) is 16.7. The van der Waals surface area contributed by atoms with Gasteiger partial charge in [0.1, 0.15) is 11.3 Å². The van der Waals surface area contributed by atoms with Crippen molar-refractivity contribution >= 4 is 28.8 Å². The first kappa shape index (κ1) is 21.3. The smallest absolute Gasteiger partial charge is 0.319 e. The second-order valence-corrected chi connectivity index (χ2v) is 6.71. The van der Waals surface area contributed by atoms with E-state index >= 15 is 0 Å². The molecule has 3 rings (SSSR count). The molecule has 0 saturated heterocycles. The van der Waals surface area contributed by atoms with Crippen LogP contribution in [0.25, 0.3) is 22.6 Å². The molecule has 0 saturated carbocycles. The number of urea groups is 1. The van der Waals surface area contributed by atoms with Gasteiger partial charge in [0.05, 0.1) is 6.61 Å². The predicted molar refractivity (Wildman–Crippen MR) is 112 cm³/mol. The number of ether oxygens (including phenoxy) is 1. The summed E-state index contributed by atoms with van der Waals surface area (Å²) in [6.45, 7) is 2.68. The number of unbranched alkanes of at least 4 members (excludes halogenated alkanes) is 2. The first-order chi connectivity index (χ1) is 14.5. The number of halogens is 1. The van der Waals surface area contributed by atoms with E-state index in [-0.39, 0.29) is 12.0 Å². The van der Waals surface area contributed by atoms with Gasteiger partial charge in [0.2, 0.25) is 5.89 Å². The van der Waals surface area contributed by atoms with Crippen molar-refractivity contribution in [2.45, 2.75) is 32.6 Å². The van der Waals surface area contributed by atoms with Crippen LogP contribution in [-0.4, -0.2) is 30.1 Å². The SMILES string of the molecule is CCOC(=O)CCCCCNC(=O)Nc1cccc(-c2nc3ccc(F)cc3o2)c1. The van der Waals surface area contributed by atoms with E-state index in [4.69, 9.17) is 9.15 Å². The average Bonchev–Trinajstić information content (AvgIpc) is 3.14. The number of benzene rings is 2. The minimum absolute atomic E-state index is 0.188. The van der Waals surface area contributed by atoms with Gasteiger partial charge in [-0.3, -0.25) is 4.79 Å². The van der Waals surface area contributed by atoms with Crippen LogP contribution < -0.4 is 10.6 Å². The topological polar surface area (TPSA) is 93.5 Å². The molecule has 158 valence electrons. The van der Waals surface area contributed by atoms with Gasteiger partial charge in [-0.05, 0) is 50.1 Å². The molecule has 2 N–H and O–H groups in total. The van der Waals surface area contributed by atoms with Crippen molar-refractivity contribution in [3.63, 3.8) is 0 Å². The van der Waals surface area contributed by atoms with Crippen LogP contribution in [-0.2, 0) is 9.53 Å². The Bertz CT molecular complexity index is 1020. The fraction of sp³-hybridized carbons (Fsp3) is 0.318. The van der Waals surface area contributed by atoms with Crippen LogP contribution in [0.15, 0.2) is 46.9 Å². The van der Waals surface area contributed by atoms with E-state index in [2.05, 4.69) is 15.6 Å². The van der Waals surface area contributed by atoms with E-state index < -0.39 is 5.82 Å². The molecule has 0 fully saturated rings.